The molecule has 4 heteroatoms. The fraction of sp³-hybridized carbons (Fsp3) is 0.700. The molecule has 1 aromatic rings. The topological polar surface area (TPSA) is 33.1 Å². The van der Waals surface area contributed by atoms with E-state index in [1.807, 2.05) is 24.1 Å². The van der Waals surface area contributed by atoms with Gasteiger partial charge in [0.25, 0.3) is 0 Å². The summed E-state index contributed by atoms with van der Waals surface area (Å²) in [6.07, 6.45) is 1.63. The Morgan fingerprint density at radius 1 is 1.64 bits per heavy atom. The van der Waals surface area contributed by atoms with Gasteiger partial charge in [0.05, 0.1) is 16.8 Å². The number of hydrogen-bond acceptors (Lipinski definition) is 4. The van der Waals surface area contributed by atoms with Crippen LogP contribution >= 0.6 is 23.1 Å². The van der Waals surface area contributed by atoms with Gasteiger partial charge in [0.2, 0.25) is 0 Å². The Kier molecular flexibility index (Phi) is 5.52. The molecule has 0 fully saturated rings. The highest BCUT2D eigenvalue weighted by Gasteiger charge is 2.07. The fourth-order valence-electron chi connectivity index (χ4n) is 1.17. The number of thioether (sulfide) groups is 1. The lowest BCUT2D eigenvalue weighted by Gasteiger charge is -2.07. The van der Waals surface area contributed by atoms with Crippen LogP contribution in [0.15, 0.2) is 5.38 Å². The van der Waals surface area contributed by atoms with Gasteiger partial charge in [-0.1, -0.05) is 6.92 Å². The predicted molar refractivity (Wildman–Crippen MR) is 64.2 cm³/mol. The van der Waals surface area contributed by atoms with Gasteiger partial charge in [-0.25, -0.2) is 4.98 Å². The summed E-state index contributed by atoms with van der Waals surface area (Å²) >= 11 is 3.46. The SMILES string of the molecule is CCCSCC(O)Cc1csc(C)n1. The maximum atomic E-state index is 9.68. The van der Waals surface area contributed by atoms with Crippen LogP contribution in [0.5, 0.6) is 0 Å². The molecule has 0 radical (unpaired) electrons. The Morgan fingerprint density at radius 3 is 3.00 bits per heavy atom. The second kappa shape index (κ2) is 6.43. The maximum absolute atomic E-state index is 9.68. The minimum atomic E-state index is -0.243. The number of hydrogen-bond donors (Lipinski definition) is 1. The van der Waals surface area contributed by atoms with E-state index >= 15 is 0 Å². The largest absolute Gasteiger partial charge is 0.392 e. The van der Waals surface area contributed by atoms with Crippen LogP contribution in [0.25, 0.3) is 0 Å². The van der Waals surface area contributed by atoms with Crippen LogP contribution in [0.3, 0.4) is 0 Å². The summed E-state index contributed by atoms with van der Waals surface area (Å²) in [6.45, 7) is 4.15. The molecule has 0 aromatic carbocycles. The van der Waals surface area contributed by atoms with E-state index in [1.54, 1.807) is 11.3 Å². The molecule has 1 aromatic heterocycles. The lowest BCUT2D eigenvalue weighted by atomic mass is 10.2. The molecule has 0 amide bonds. The van der Waals surface area contributed by atoms with Crippen molar-refractivity contribution in [1.29, 1.82) is 0 Å². The minimum Gasteiger partial charge on any atom is -0.392 e. The quantitative estimate of drug-likeness (QED) is 0.764. The molecule has 80 valence electrons. The number of aromatic nitrogens is 1. The third-order valence-electron chi connectivity index (χ3n) is 1.77. The average molecular weight is 231 g/mol. The first-order valence-corrected chi connectivity index (χ1v) is 6.92. The van der Waals surface area contributed by atoms with Gasteiger partial charge < -0.3 is 5.11 Å². The van der Waals surface area contributed by atoms with Crippen molar-refractivity contribution in [1.82, 2.24) is 4.98 Å². The van der Waals surface area contributed by atoms with E-state index in [2.05, 4.69) is 11.9 Å². The van der Waals surface area contributed by atoms with Gasteiger partial charge in [-0.15, -0.1) is 11.3 Å². The van der Waals surface area contributed by atoms with E-state index in [9.17, 15) is 5.11 Å². The number of aliphatic hydroxyl groups excluding tert-OH is 1. The number of rotatable bonds is 6. The van der Waals surface area contributed by atoms with E-state index < -0.39 is 0 Å². The highest BCUT2D eigenvalue weighted by molar-refractivity contribution is 7.99. The lowest BCUT2D eigenvalue weighted by Crippen LogP contribution is -2.14. The highest BCUT2D eigenvalue weighted by atomic mass is 32.2. The Morgan fingerprint density at radius 2 is 2.43 bits per heavy atom. The summed E-state index contributed by atoms with van der Waals surface area (Å²) in [4.78, 5) is 4.33. The van der Waals surface area contributed by atoms with Gasteiger partial charge in [0.1, 0.15) is 0 Å². The zero-order valence-corrected chi connectivity index (χ0v) is 10.3. The van der Waals surface area contributed by atoms with Crippen molar-refractivity contribution < 1.29 is 5.11 Å². The van der Waals surface area contributed by atoms with Gasteiger partial charge >= 0.3 is 0 Å². The molecule has 0 aliphatic carbocycles. The molecule has 0 aliphatic heterocycles. The minimum absolute atomic E-state index is 0.243. The molecule has 1 N–H and O–H groups in total. The number of nitrogens with zero attached hydrogens (tertiary/aromatic N) is 1. The molecular weight excluding hydrogens is 214 g/mol. The third kappa shape index (κ3) is 4.44. The first-order valence-electron chi connectivity index (χ1n) is 4.89. The summed E-state index contributed by atoms with van der Waals surface area (Å²) < 4.78 is 0. The first-order chi connectivity index (χ1) is 6.72. The Bertz CT molecular complexity index is 262. The molecule has 0 saturated heterocycles. The van der Waals surface area contributed by atoms with Crippen molar-refractivity contribution >= 4 is 23.1 Å². The van der Waals surface area contributed by atoms with E-state index in [0.29, 0.717) is 6.42 Å². The molecule has 1 rings (SSSR count). The van der Waals surface area contributed by atoms with E-state index in [4.69, 9.17) is 0 Å². The molecule has 0 saturated carbocycles. The molecule has 0 bridgehead atoms. The second-order valence-corrected chi connectivity index (χ2v) is 5.50. The van der Waals surface area contributed by atoms with Crippen LogP contribution in [-0.2, 0) is 6.42 Å². The number of aliphatic hydroxyl groups is 1. The van der Waals surface area contributed by atoms with Crippen LogP contribution in [0.2, 0.25) is 0 Å². The van der Waals surface area contributed by atoms with Crippen molar-refractivity contribution in [2.75, 3.05) is 11.5 Å². The van der Waals surface area contributed by atoms with Crippen LogP contribution in [0.4, 0.5) is 0 Å². The standard InChI is InChI=1S/C10H17NOS2/c1-3-4-13-7-10(12)5-9-6-14-8(2)11-9/h6,10,12H,3-5,7H2,1-2H3. The normalized spacial score (nSPS) is 13.1. The van der Waals surface area contributed by atoms with Crippen LogP contribution in [0, 0.1) is 6.92 Å². The van der Waals surface area contributed by atoms with E-state index in [0.717, 1.165) is 22.2 Å². The zero-order valence-electron chi connectivity index (χ0n) is 8.69. The van der Waals surface area contributed by atoms with Crippen molar-refractivity contribution in [2.24, 2.45) is 0 Å². The van der Waals surface area contributed by atoms with Gasteiger partial charge in [0.15, 0.2) is 0 Å². The maximum Gasteiger partial charge on any atom is 0.0897 e. The fourth-order valence-corrected chi connectivity index (χ4v) is 2.64. The second-order valence-electron chi connectivity index (χ2n) is 3.29. The average Bonchev–Trinajstić information content (AvgIpc) is 2.52. The monoisotopic (exact) mass is 231 g/mol. The summed E-state index contributed by atoms with van der Waals surface area (Å²) in [7, 11) is 0. The molecule has 1 atom stereocenters. The molecule has 0 aliphatic rings. The van der Waals surface area contributed by atoms with E-state index in [1.165, 1.54) is 6.42 Å². The summed E-state index contributed by atoms with van der Waals surface area (Å²) in [5.74, 6) is 1.96. The third-order valence-corrected chi connectivity index (χ3v) is 3.91. The Hall–Kier alpha value is -0.0600. The zero-order chi connectivity index (χ0) is 10.4. The lowest BCUT2D eigenvalue weighted by molar-refractivity contribution is 0.199. The smallest absolute Gasteiger partial charge is 0.0897 e. The van der Waals surface area contributed by atoms with Crippen molar-refractivity contribution in [3.63, 3.8) is 0 Å². The van der Waals surface area contributed by atoms with Crippen LogP contribution in [0.1, 0.15) is 24.0 Å². The molecular formula is C10H17NOS2. The van der Waals surface area contributed by atoms with Gasteiger partial charge in [0, 0.05) is 17.6 Å². The van der Waals surface area contributed by atoms with Gasteiger partial charge in [-0.2, -0.15) is 11.8 Å². The van der Waals surface area contributed by atoms with Gasteiger partial charge in [-0.3, -0.25) is 0 Å². The Labute approximate surface area is 93.8 Å². The summed E-state index contributed by atoms with van der Waals surface area (Å²) in [6, 6.07) is 0. The predicted octanol–water partition coefficient (Wildman–Crippen LogP) is 2.50. The highest BCUT2D eigenvalue weighted by Crippen LogP contribution is 2.12. The van der Waals surface area contributed by atoms with Crippen LogP contribution in [-0.4, -0.2) is 27.7 Å². The van der Waals surface area contributed by atoms with Crippen molar-refractivity contribution in [2.45, 2.75) is 32.8 Å². The van der Waals surface area contributed by atoms with Crippen LogP contribution < -0.4 is 0 Å². The van der Waals surface area contributed by atoms with Crippen molar-refractivity contribution in [3.8, 4) is 0 Å². The summed E-state index contributed by atoms with van der Waals surface area (Å²) in [5, 5.41) is 12.8. The number of aryl methyl sites for hydroxylation is 1. The first kappa shape index (κ1) is 12.0. The summed E-state index contributed by atoms with van der Waals surface area (Å²) in [5.41, 5.74) is 1.03. The molecule has 14 heavy (non-hydrogen) atoms. The molecule has 0 spiro atoms. The molecule has 1 heterocycles. The molecule has 1 unspecified atom stereocenters. The van der Waals surface area contributed by atoms with E-state index in [-0.39, 0.29) is 6.10 Å². The molecule has 2 nitrogen and oxygen atoms in total. The van der Waals surface area contributed by atoms with Gasteiger partial charge in [-0.05, 0) is 19.1 Å². The van der Waals surface area contributed by atoms with Crippen molar-refractivity contribution in [3.05, 3.63) is 16.1 Å². The number of thiazole rings is 1. The Balaban J connectivity index is 2.23.